The van der Waals surface area contributed by atoms with Gasteiger partial charge >= 0.3 is 5.97 Å². The van der Waals surface area contributed by atoms with Gasteiger partial charge in [0.15, 0.2) is 0 Å². The van der Waals surface area contributed by atoms with Gasteiger partial charge in [0.2, 0.25) is 0 Å². The average Bonchev–Trinajstić information content (AvgIpc) is 3.03. The number of rotatable bonds is 4. The fraction of sp³-hybridized carbons (Fsp3) is 0.808. The molecule has 3 fully saturated rings. The molecule has 0 aromatic heterocycles. The molecule has 3 heteroatoms. The first kappa shape index (κ1) is 21.0. The van der Waals surface area contributed by atoms with Crippen LogP contribution in [-0.2, 0) is 14.3 Å². The van der Waals surface area contributed by atoms with Gasteiger partial charge in [0.05, 0.1) is 13.4 Å². The average molecular weight is 401 g/mol. The summed E-state index contributed by atoms with van der Waals surface area (Å²) in [6.45, 7) is 9.05. The highest BCUT2D eigenvalue weighted by Crippen LogP contribution is 2.67. The van der Waals surface area contributed by atoms with Crippen molar-refractivity contribution in [2.75, 3.05) is 7.11 Å². The standard InChI is InChI=1S/C26H40O3/c1-17(12-15-28-5)22-8-9-23-21-7-6-19-16-20(29-18(2)27)10-13-25(19,3)24(21)11-14-26(22,23)4/h6,12,15,17,20-24H,7-11,13-14,16H2,1-5H3/b15-12+/t17-,20+,21+,22-,23+,24+,25+,26-/m1/s1. The normalized spacial score (nSPS) is 45.0. The molecule has 4 rings (SSSR count). The zero-order valence-electron chi connectivity index (χ0n) is 19.1. The molecule has 0 spiro atoms. The summed E-state index contributed by atoms with van der Waals surface area (Å²) >= 11 is 0. The molecule has 3 nitrogen and oxygen atoms in total. The molecule has 0 unspecified atom stereocenters. The topological polar surface area (TPSA) is 35.5 Å². The van der Waals surface area contributed by atoms with E-state index in [1.165, 1.54) is 38.5 Å². The minimum atomic E-state index is -0.130. The molecule has 0 aliphatic heterocycles. The first-order valence-corrected chi connectivity index (χ1v) is 11.9. The fourth-order valence-electron chi connectivity index (χ4n) is 8.20. The van der Waals surface area contributed by atoms with E-state index in [4.69, 9.17) is 9.47 Å². The molecule has 4 aliphatic carbocycles. The molecule has 4 aliphatic rings. The number of carbonyl (C=O) groups is 1. The van der Waals surface area contributed by atoms with Gasteiger partial charge in [0.25, 0.3) is 0 Å². The van der Waals surface area contributed by atoms with Crippen LogP contribution >= 0.6 is 0 Å². The van der Waals surface area contributed by atoms with Crippen molar-refractivity contribution in [2.24, 2.45) is 40.4 Å². The SMILES string of the molecule is CO/C=C/[C@@H](C)[C@H]1CC[C@H]2[C@@H]3CC=C4C[C@@H](OC(C)=O)CC[C@]4(C)[C@H]3CC[C@]12C. The number of fused-ring (bicyclic) bond motifs is 5. The number of ether oxygens (including phenoxy) is 2. The predicted molar refractivity (Wildman–Crippen MR) is 116 cm³/mol. The smallest absolute Gasteiger partial charge is 0.302 e. The summed E-state index contributed by atoms with van der Waals surface area (Å²) in [6, 6.07) is 0. The number of allylic oxidation sites excluding steroid dienone is 2. The molecule has 0 amide bonds. The molecule has 0 bridgehead atoms. The molecule has 0 N–H and O–H groups in total. The summed E-state index contributed by atoms with van der Waals surface area (Å²) in [5.41, 5.74) is 2.38. The second kappa shape index (κ2) is 7.78. The molecule has 0 aromatic rings. The third-order valence-electron chi connectivity index (χ3n) is 9.62. The van der Waals surface area contributed by atoms with E-state index in [1.54, 1.807) is 19.6 Å². The Bertz CT molecular complexity index is 694. The Morgan fingerprint density at radius 1 is 1.17 bits per heavy atom. The lowest BCUT2D eigenvalue weighted by Crippen LogP contribution is -2.51. The van der Waals surface area contributed by atoms with E-state index in [1.807, 2.05) is 6.26 Å². The molecule has 0 aromatic carbocycles. The summed E-state index contributed by atoms with van der Waals surface area (Å²) in [5.74, 6) is 3.72. The summed E-state index contributed by atoms with van der Waals surface area (Å²) in [4.78, 5) is 11.4. The Hall–Kier alpha value is -1.25. The first-order chi connectivity index (χ1) is 13.8. The molecule has 8 atom stereocenters. The Morgan fingerprint density at radius 2 is 1.97 bits per heavy atom. The highest BCUT2D eigenvalue weighted by Gasteiger charge is 2.59. The van der Waals surface area contributed by atoms with Gasteiger partial charge in [-0.2, -0.15) is 0 Å². The molecule has 3 saturated carbocycles. The van der Waals surface area contributed by atoms with Gasteiger partial charge in [0, 0.05) is 13.3 Å². The lowest BCUT2D eigenvalue weighted by atomic mass is 9.47. The number of hydrogen-bond donors (Lipinski definition) is 0. The van der Waals surface area contributed by atoms with Crippen LogP contribution in [0.1, 0.15) is 79.1 Å². The second-order valence-corrected chi connectivity index (χ2v) is 10.9. The van der Waals surface area contributed by atoms with Crippen molar-refractivity contribution in [3.8, 4) is 0 Å². The molecule has 0 saturated heterocycles. The van der Waals surface area contributed by atoms with Crippen LogP contribution in [0.15, 0.2) is 24.0 Å². The van der Waals surface area contributed by atoms with Crippen LogP contribution < -0.4 is 0 Å². The Balaban J connectivity index is 1.54. The molecular formula is C26H40O3. The van der Waals surface area contributed by atoms with Gasteiger partial charge < -0.3 is 9.47 Å². The number of methoxy groups -OCH3 is 1. The minimum absolute atomic E-state index is 0.0986. The molecule has 162 valence electrons. The van der Waals surface area contributed by atoms with E-state index in [-0.39, 0.29) is 12.1 Å². The van der Waals surface area contributed by atoms with Crippen LogP contribution in [0.2, 0.25) is 0 Å². The second-order valence-electron chi connectivity index (χ2n) is 10.9. The van der Waals surface area contributed by atoms with Gasteiger partial charge in [-0.3, -0.25) is 4.79 Å². The number of esters is 1. The van der Waals surface area contributed by atoms with E-state index >= 15 is 0 Å². The Labute approximate surface area is 177 Å². The fourth-order valence-corrected chi connectivity index (χ4v) is 8.20. The van der Waals surface area contributed by atoms with Gasteiger partial charge in [-0.15, -0.1) is 0 Å². The zero-order valence-corrected chi connectivity index (χ0v) is 19.1. The highest BCUT2D eigenvalue weighted by atomic mass is 16.5. The van der Waals surface area contributed by atoms with Crippen molar-refractivity contribution >= 4 is 5.97 Å². The van der Waals surface area contributed by atoms with Crippen molar-refractivity contribution in [3.63, 3.8) is 0 Å². The molecule has 0 radical (unpaired) electrons. The van der Waals surface area contributed by atoms with Crippen LogP contribution in [0.3, 0.4) is 0 Å². The van der Waals surface area contributed by atoms with Gasteiger partial charge in [-0.05, 0) is 91.4 Å². The van der Waals surface area contributed by atoms with Crippen LogP contribution in [0.25, 0.3) is 0 Å². The Kier molecular flexibility index (Phi) is 5.63. The maximum atomic E-state index is 11.4. The van der Waals surface area contributed by atoms with Crippen LogP contribution in [0.5, 0.6) is 0 Å². The van der Waals surface area contributed by atoms with Gasteiger partial charge in [-0.25, -0.2) is 0 Å². The molecule has 0 heterocycles. The van der Waals surface area contributed by atoms with Crippen LogP contribution in [0.4, 0.5) is 0 Å². The maximum Gasteiger partial charge on any atom is 0.302 e. The predicted octanol–water partition coefficient (Wildman–Crippen LogP) is 6.29. The maximum absolute atomic E-state index is 11.4. The van der Waals surface area contributed by atoms with E-state index in [0.717, 1.165) is 36.5 Å². The summed E-state index contributed by atoms with van der Waals surface area (Å²) in [7, 11) is 1.75. The van der Waals surface area contributed by atoms with Crippen LogP contribution in [0, 0.1) is 40.4 Å². The summed E-state index contributed by atoms with van der Waals surface area (Å²) < 4.78 is 10.8. The van der Waals surface area contributed by atoms with E-state index in [0.29, 0.717) is 16.7 Å². The largest absolute Gasteiger partial charge is 0.505 e. The van der Waals surface area contributed by atoms with Crippen molar-refractivity contribution in [1.82, 2.24) is 0 Å². The molecule has 29 heavy (non-hydrogen) atoms. The van der Waals surface area contributed by atoms with Crippen LogP contribution in [-0.4, -0.2) is 19.2 Å². The monoisotopic (exact) mass is 400 g/mol. The lowest BCUT2D eigenvalue weighted by molar-refractivity contribution is -0.148. The van der Waals surface area contributed by atoms with Crippen molar-refractivity contribution < 1.29 is 14.3 Å². The van der Waals surface area contributed by atoms with Crippen molar-refractivity contribution in [3.05, 3.63) is 24.0 Å². The van der Waals surface area contributed by atoms with E-state index in [9.17, 15) is 4.79 Å². The minimum Gasteiger partial charge on any atom is -0.505 e. The first-order valence-electron chi connectivity index (χ1n) is 11.9. The number of carbonyl (C=O) groups excluding carboxylic acids is 1. The number of hydrogen-bond acceptors (Lipinski definition) is 3. The van der Waals surface area contributed by atoms with Gasteiger partial charge in [0.1, 0.15) is 6.10 Å². The summed E-state index contributed by atoms with van der Waals surface area (Å²) in [6.07, 6.45) is 16.7. The quantitative estimate of drug-likeness (QED) is 0.316. The lowest BCUT2D eigenvalue weighted by Gasteiger charge is -2.58. The summed E-state index contributed by atoms with van der Waals surface area (Å²) in [5, 5.41) is 0. The van der Waals surface area contributed by atoms with E-state index in [2.05, 4.69) is 32.9 Å². The third kappa shape index (κ3) is 3.47. The molecular weight excluding hydrogens is 360 g/mol. The van der Waals surface area contributed by atoms with E-state index < -0.39 is 0 Å². The van der Waals surface area contributed by atoms with Crippen molar-refractivity contribution in [2.45, 2.75) is 85.2 Å². The zero-order chi connectivity index (χ0) is 20.8. The highest BCUT2D eigenvalue weighted by molar-refractivity contribution is 5.66. The van der Waals surface area contributed by atoms with Crippen molar-refractivity contribution in [1.29, 1.82) is 0 Å². The third-order valence-corrected chi connectivity index (χ3v) is 9.62. The van der Waals surface area contributed by atoms with Gasteiger partial charge in [-0.1, -0.05) is 32.4 Å². The Morgan fingerprint density at radius 3 is 2.69 bits per heavy atom.